The van der Waals surface area contributed by atoms with Crippen molar-refractivity contribution in [2.45, 2.75) is 56.6 Å². The lowest BCUT2D eigenvalue weighted by molar-refractivity contribution is 0.0187. The van der Waals surface area contributed by atoms with E-state index in [1.807, 2.05) is 6.92 Å². The molecule has 1 fully saturated rings. The third-order valence-corrected chi connectivity index (χ3v) is 7.60. The molecule has 0 saturated carbocycles. The predicted octanol–water partition coefficient (Wildman–Crippen LogP) is 5.81. The van der Waals surface area contributed by atoms with Crippen molar-refractivity contribution in [2.24, 2.45) is 0 Å². The van der Waals surface area contributed by atoms with Gasteiger partial charge < -0.3 is 14.4 Å². The summed E-state index contributed by atoms with van der Waals surface area (Å²) in [5.41, 5.74) is 0.870. The van der Waals surface area contributed by atoms with Gasteiger partial charge in [-0.2, -0.15) is 8.42 Å². The van der Waals surface area contributed by atoms with Crippen molar-refractivity contribution in [3.8, 4) is 5.75 Å². The fourth-order valence-corrected chi connectivity index (χ4v) is 5.29. The molecule has 0 spiro atoms. The number of nitrogens with zero attached hydrogens (tertiary/aromatic N) is 1. The van der Waals surface area contributed by atoms with Gasteiger partial charge in [-0.25, -0.2) is 4.79 Å². The lowest BCUT2D eigenvalue weighted by atomic mass is 9.95. The van der Waals surface area contributed by atoms with Gasteiger partial charge in [0.05, 0.1) is 34.7 Å². The number of ether oxygens (including phenoxy) is 2. The predicted molar refractivity (Wildman–Crippen MR) is 131 cm³/mol. The van der Waals surface area contributed by atoms with Gasteiger partial charge in [0, 0.05) is 18.0 Å². The molecule has 34 heavy (non-hydrogen) atoms. The summed E-state index contributed by atoms with van der Waals surface area (Å²) in [7, 11) is -2.48. The molecule has 7 nitrogen and oxygen atoms in total. The molecule has 0 unspecified atom stereocenters. The van der Waals surface area contributed by atoms with E-state index in [0.29, 0.717) is 27.8 Å². The van der Waals surface area contributed by atoms with Gasteiger partial charge >= 0.3 is 6.09 Å². The van der Waals surface area contributed by atoms with E-state index in [4.69, 9.17) is 36.9 Å². The Kier molecular flexibility index (Phi) is 8.07. The second-order valence-corrected chi connectivity index (χ2v) is 11.6. The molecule has 1 aliphatic heterocycles. The Morgan fingerprint density at radius 2 is 1.76 bits per heavy atom. The topological polar surface area (TPSA) is 82.1 Å². The maximum absolute atomic E-state index is 13.0. The Labute approximate surface area is 211 Å². The molecule has 0 aromatic heterocycles. The Hall–Kier alpha value is -2.00. The van der Waals surface area contributed by atoms with Crippen molar-refractivity contribution < 1.29 is 26.9 Å². The minimum atomic E-state index is -4.01. The first-order valence-corrected chi connectivity index (χ1v) is 13.0. The molecule has 3 rings (SSSR count). The number of rotatable bonds is 6. The van der Waals surface area contributed by atoms with Crippen LogP contribution >= 0.6 is 23.2 Å². The Morgan fingerprint density at radius 1 is 1.12 bits per heavy atom. The minimum absolute atomic E-state index is 0.0519. The zero-order chi connectivity index (χ0) is 25.3. The van der Waals surface area contributed by atoms with Gasteiger partial charge in [-0.3, -0.25) is 4.18 Å². The van der Waals surface area contributed by atoms with Crippen LogP contribution in [0.1, 0.15) is 44.2 Å². The smallest absolute Gasteiger partial charge is 0.410 e. The summed E-state index contributed by atoms with van der Waals surface area (Å²) < 4.78 is 41.9. The molecule has 0 bridgehead atoms. The molecular weight excluding hydrogens is 501 g/mol. The monoisotopic (exact) mass is 529 g/mol. The standard InChI is InChI=1S/C24H29Cl2NO6S/c1-15-6-8-18(9-7-15)34(29,30)32-14-17-12-16(13-27(17)23(28)33-24(2,3)4)21-20(31-5)11-10-19(25)22(21)26/h6-11,16-17H,12-14H2,1-5H3/t16-,17-/m0/s1. The van der Waals surface area contributed by atoms with E-state index >= 15 is 0 Å². The molecule has 1 aliphatic rings. The highest BCUT2D eigenvalue weighted by atomic mass is 35.5. The number of carbonyl (C=O) groups is 1. The van der Waals surface area contributed by atoms with Crippen LogP contribution in [0.3, 0.4) is 0 Å². The SMILES string of the molecule is COc1ccc(Cl)c(Cl)c1[C@H]1C[C@@H](COS(=O)(=O)c2ccc(C)cc2)N(C(=O)OC(C)(C)C)C1. The number of hydrogen-bond acceptors (Lipinski definition) is 6. The molecule has 0 radical (unpaired) electrons. The molecule has 0 aliphatic carbocycles. The summed E-state index contributed by atoms with van der Waals surface area (Å²) in [4.78, 5) is 14.5. The number of halogens is 2. The highest BCUT2D eigenvalue weighted by molar-refractivity contribution is 7.86. The molecular formula is C24H29Cl2NO6S. The summed E-state index contributed by atoms with van der Waals surface area (Å²) in [6, 6.07) is 9.16. The van der Waals surface area contributed by atoms with E-state index in [1.165, 1.54) is 24.1 Å². The van der Waals surface area contributed by atoms with Crippen molar-refractivity contribution in [2.75, 3.05) is 20.3 Å². The number of methoxy groups -OCH3 is 1. The van der Waals surface area contributed by atoms with Gasteiger partial charge in [-0.05, 0) is 58.4 Å². The van der Waals surface area contributed by atoms with Gasteiger partial charge in [0.1, 0.15) is 11.4 Å². The first-order valence-electron chi connectivity index (χ1n) is 10.8. The Balaban J connectivity index is 1.88. The zero-order valence-corrected chi connectivity index (χ0v) is 22.1. The fourth-order valence-electron chi connectivity index (χ4n) is 3.88. The van der Waals surface area contributed by atoms with E-state index < -0.39 is 27.9 Å². The largest absolute Gasteiger partial charge is 0.496 e. The minimum Gasteiger partial charge on any atom is -0.496 e. The average Bonchev–Trinajstić information content (AvgIpc) is 3.17. The van der Waals surface area contributed by atoms with Gasteiger partial charge in [-0.15, -0.1) is 0 Å². The molecule has 186 valence electrons. The second-order valence-electron chi connectivity index (χ2n) is 9.25. The van der Waals surface area contributed by atoms with Gasteiger partial charge in [0.2, 0.25) is 0 Å². The van der Waals surface area contributed by atoms with Crippen LogP contribution in [0, 0.1) is 6.92 Å². The van der Waals surface area contributed by atoms with E-state index in [0.717, 1.165) is 5.56 Å². The molecule has 2 aromatic rings. The van der Waals surface area contributed by atoms with Crippen LogP contribution in [0.2, 0.25) is 10.0 Å². The van der Waals surface area contributed by atoms with Crippen molar-refractivity contribution in [1.82, 2.24) is 4.90 Å². The second kappa shape index (κ2) is 10.3. The molecule has 0 N–H and O–H groups in total. The lowest BCUT2D eigenvalue weighted by Gasteiger charge is -2.28. The third-order valence-electron chi connectivity index (χ3n) is 5.49. The number of benzene rings is 2. The van der Waals surface area contributed by atoms with Crippen LogP contribution in [-0.2, 0) is 19.0 Å². The lowest BCUT2D eigenvalue weighted by Crippen LogP contribution is -2.42. The van der Waals surface area contributed by atoms with E-state index in [2.05, 4.69) is 0 Å². The van der Waals surface area contributed by atoms with Crippen molar-refractivity contribution in [3.05, 3.63) is 57.6 Å². The van der Waals surface area contributed by atoms with Crippen LogP contribution in [0.25, 0.3) is 0 Å². The highest BCUT2D eigenvalue weighted by Crippen LogP contribution is 2.43. The molecule has 1 heterocycles. The molecule has 2 atom stereocenters. The van der Waals surface area contributed by atoms with Crippen molar-refractivity contribution >= 4 is 39.4 Å². The number of amides is 1. The average molecular weight is 530 g/mol. The van der Waals surface area contributed by atoms with Crippen LogP contribution in [0.4, 0.5) is 4.79 Å². The number of aryl methyl sites for hydroxylation is 1. The highest BCUT2D eigenvalue weighted by Gasteiger charge is 2.41. The van der Waals surface area contributed by atoms with E-state index in [1.54, 1.807) is 45.0 Å². The number of carbonyl (C=O) groups excluding carboxylic acids is 1. The Morgan fingerprint density at radius 3 is 2.35 bits per heavy atom. The van der Waals surface area contributed by atoms with Crippen molar-refractivity contribution in [1.29, 1.82) is 0 Å². The first kappa shape index (κ1) is 26.6. The number of likely N-dealkylation sites (tertiary alicyclic amines) is 1. The molecule has 1 amide bonds. The van der Waals surface area contributed by atoms with E-state index in [9.17, 15) is 13.2 Å². The van der Waals surface area contributed by atoms with Gasteiger partial charge in [0.15, 0.2) is 0 Å². The molecule has 10 heteroatoms. The number of hydrogen-bond donors (Lipinski definition) is 0. The summed E-state index contributed by atoms with van der Waals surface area (Å²) in [5.74, 6) is 0.279. The van der Waals surface area contributed by atoms with Gasteiger partial charge in [-0.1, -0.05) is 40.9 Å². The van der Waals surface area contributed by atoms with Crippen LogP contribution < -0.4 is 4.74 Å². The first-order chi connectivity index (χ1) is 15.8. The summed E-state index contributed by atoms with van der Waals surface area (Å²) in [5, 5.41) is 0.701. The summed E-state index contributed by atoms with van der Waals surface area (Å²) >= 11 is 12.8. The maximum Gasteiger partial charge on any atom is 0.410 e. The van der Waals surface area contributed by atoms with Gasteiger partial charge in [0.25, 0.3) is 10.1 Å². The normalized spacial score (nSPS) is 18.7. The maximum atomic E-state index is 13.0. The summed E-state index contributed by atoms with van der Waals surface area (Å²) in [6.45, 7) is 7.17. The van der Waals surface area contributed by atoms with Crippen LogP contribution in [-0.4, -0.2) is 51.3 Å². The Bertz CT molecular complexity index is 1150. The van der Waals surface area contributed by atoms with Crippen LogP contribution in [0.5, 0.6) is 5.75 Å². The molecule has 2 aromatic carbocycles. The van der Waals surface area contributed by atoms with E-state index in [-0.39, 0.29) is 24.0 Å². The quantitative estimate of drug-likeness (QED) is 0.439. The van der Waals surface area contributed by atoms with Crippen LogP contribution in [0.15, 0.2) is 41.3 Å². The molecule has 1 saturated heterocycles. The zero-order valence-electron chi connectivity index (χ0n) is 19.8. The summed E-state index contributed by atoms with van der Waals surface area (Å²) in [6.07, 6.45) is -0.174. The third kappa shape index (κ3) is 6.16. The fraction of sp³-hybridized carbons (Fsp3) is 0.458. The van der Waals surface area contributed by atoms with Crippen molar-refractivity contribution in [3.63, 3.8) is 0 Å².